The lowest BCUT2D eigenvalue weighted by Crippen LogP contribution is -2.30. The van der Waals surface area contributed by atoms with Crippen LogP contribution in [0.5, 0.6) is 5.75 Å². The lowest BCUT2D eigenvalue weighted by molar-refractivity contribution is 0.172. The summed E-state index contributed by atoms with van der Waals surface area (Å²) in [6.07, 6.45) is 5.56. The Kier molecular flexibility index (Phi) is 9.07. The van der Waals surface area contributed by atoms with E-state index in [2.05, 4.69) is 27.6 Å². The van der Waals surface area contributed by atoms with Crippen LogP contribution >= 0.6 is 0 Å². The van der Waals surface area contributed by atoms with Gasteiger partial charge in [0, 0.05) is 63.9 Å². The number of aliphatic imine (C=N–C) groups is 1. The van der Waals surface area contributed by atoms with Crippen molar-refractivity contribution in [1.82, 2.24) is 15.1 Å². The Balaban J connectivity index is 1.84. The average molecular weight is 359 g/mol. The summed E-state index contributed by atoms with van der Waals surface area (Å²) in [5.74, 6) is 1.60. The number of methoxy groups -OCH3 is 1. The Morgan fingerprint density at radius 1 is 1.23 bits per heavy atom. The van der Waals surface area contributed by atoms with Gasteiger partial charge in [0.2, 0.25) is 0 Å². The molecule has 0 atom stereocenters. The summed E-state index contributed by atoms with van der Waals surface area (Å²) < 4.78 is 12.7. The number of rotatable bonds is 11. The van der Waals surface area contributed by atoms with Crippen LogP contribution in [-0.4, -0.2) is 49.2 Å². The minimum absolute atomic E-state index is 0.638. The molecule has 2 aromatic rings. The molecular formula is C19H29N5O2. The van der Waals surface area contributed by atoms with E-state index in [-0.39, 0.29) is 0 Å². The molecule has 1 heterocycles. The molecule has 0 aliphatic carbocycles. The molecule has 0 radical (unpaired) electrons. The van der Waals surface area contributed by atoms with Crippen molar-refractivity contribution in [1.29, 1.82) is 0 Å². The molecule has 7 nitrogen and oxygen atoms in total. The van der Waals surface area contributed by atoms with Crippen LogP contribution in [0, 0.1) is 0 Å². The molecule has 2 N–H and O–H groups in total. The van der Waals surface area contributed by atoms with Crippen molar-refractivity contribution in [3.05, 3.63) is 42.7 Å². The van der Waals surface area contributed by atoms with Gasteiger partial charge in [0.25, 0.3) is 0 Å². The number of hydrogen-bond acceptors (Lipinski definition) is 4. The van der Waals surface area contributed by atoms with Crippen LogP contribution in [0.2, 0.25) is 0 Å². The van der Waals surface area contributed by atoms with E-state index in [0.29, 0.717) is 13.2 Å². The largest absolute Gasteiger partial charge is 0.493 e. The molecule has 0 saturated carbocycles. The Labute approximate surface area is 155 Å². The fourth-order valence-corrected chi connectivity index (χ4v) is 2.36. The smallest absolute Gasteiger partial charge is 0.195 e. The lowest BCUT2D eigenvalue weighted by Gasteiger charge is -2.13. The van der Waals surface area contributed by atoms with Crippen LogP contribution in [0.25, 0.3) is 0 Å². The summed E-state index contributed by atoms with van der Waals surface area (Å²) in [4.78, 5) is 4.62. The van der Waals surface area contributed by atoms with Crippen LogP contribution in [-0.2, 0) is 11.3 Å². The Morgan fingerprint density at radius 2 is 2.15 bits per heavy atom. The highest BCUT2D eigenvalue weighted by Gasteiger charge is 2.01. The van der Waals surface area contributed by atoms with Crippen molar-refractivity contribution in [3.8, 4) is 5.75 Å². The van der Waals surface area contributed by atoms with Crippen molar-refractivity contribution in [2.75, 3.05) is 38.7 Å². The summed E-state index contributed by atoms with van der Waals surface area (Å²) in [5.41, 5.74) is 0.945. The standard InChI is InChI=1S/C19H29N5O2/c1-3-20-19(21-10-5-12-24-13-6-11-22-24)23-17-8-4-9-18(16-17)26-15-7-14-25-2/h4,6,8-9,11,13,16H,3,5,7,10,12,14-15H2,1-2H3,(H2,20,21,23). The molecular weight excluding hydrogens is 330 g/mol. The van der Waals surface area contributed by atoms with E-state index in [4.69, 9.17) is 9.47 Å². The molecule has 0 amide bonds. The van der Waals surface area contributed by atoms with Crippen LogP contribution in [0.1, 0.15) is 19.8 Å². The second kappa shape index (κ2) is 11.9. The summed E-state index contributed by atoms with van der Waals surface area (Å²) >= 11 is 0. The first-order chi connectivity index (χ1) is 12.8. The first-order valence-corrected chi connectivity index (χ1v) is 9.06. The van der Waals surface area contributed by atoms with E-state index in [1.807, 2.05) is 41.2 Å². The van der Waals surface area contributed by atoms with Gasteiger partial charge in [0.15, 0.2) is 5.96 Å². The number of anilines is 1. The number of benzene rings is 1. The van der Waals surface area contributed by atoms with E-state index in [0.717, 1.165) is 49.9 Å². The Morgan fingerprint density at radius 3 is 2.92 bits per heavy atom. The van der Waals surface area contributed by atoms with Crippen LogP contribution in [0.4, 0.5) is 5.69 Å². The van der Waals surface area contributed by atoms with E-state index in [1.54, 1.807) is 13.3 Å². The second-order valence-corrected chi connectivity index (χ2v) is 5.73. The Hall–Kier alpha value is -2.54. The van der Waals surface area contributed by atoms with Gasteiger partial charge in [0.1, 0.15) is 5.75 Å². The summed E-state index contributed by atoms with van der Waals surface area (Å²) in [6.45, 7) is 5.78. The van der Waals surface area contributed by atoms with Gasteiger partial charge >= 0.3 is 0 Å². The number of guanidine groups is 1. The monoisotopic (exact) mass is 359 g/mol. The number of aromatic nitrogens is 2. The summed E-state index contributed by atoms with van der Waals surface area (Å²) in [6, 6.07) is 9.82. The molecule has 1 aromatic heterocycles. The maximum absolute atomic E-state index is 5.74. The van der Waals surface area contributed by atoms with Crippen LogP contribution < -0.4 is 15.4 Å². The fraction of sp³-hybridized carbons (Fsp3) is 0.474. The van der Waals surface area contributed by atoms with Crippen molar-refractivity contribution in [3.63, 3.8) is 0 Å². The molecule has 0 saturated heterocycles. The van der Waals surface area contributed by atoms with Crippen LogP contribution in [0.15, 0.2) is 47.7 Å². The summed E-state index contributed by atoms with van der Waals surface area (Å²) in [5, 5.41) is 10.8. The third-order valence-corrected chi connectivity index (χ3v) is 3.58. The normalized spacial score (nSPS) is 11.4. The predicted molar refractivity (Wildman–Crippen MR) is 105 cm³/mol. The highest BCUT2D eigenvalue weighted by atomic mass is 16.5. The van der Waals surface area contributed by atoms with Crippen molar-refractivity contribution in [2.24, 2.45) is 4.99 Å². The zero-order valence-corrected chi connectivity index (χ0v) is 15.6. The summed E-state index contributed by atoms with van der Waals surface area (Å²) in [7, 11) is 1.70. The molecule has 0 bridgehead atoms. The van der Waals surface area contributed by atoms with Gasteiger partial charge < -0.3 is 20.1 Å². The van der Waals surface area contributed by atoms with Gasteiger partial charge in [0.05, 0.1) is 6.61 Å². The van der Waals surface area contributed by atoms with E-state index >= 15 is 0 Å². The predicted octanol–water partition coefficient (Wildman–Crippen LogP) is 2.77. The molecule has 2 rings (SSSR count). The van der Waals surface area contributed by atoms with Crippen LogP contribution in [0.3, 0.4) is 0 Å². The lowest BCUT2D eigenvalue weighted by atomic mass is 10.3. The van der Waals surface area contributed by atoms with Gasteiger partial charge in [-0.25, -0.2) is 0 Å². The Bertz CT molecular complexity index is 643. The third-order valence-electron chi connectivity index (χ3n) is 3.58. The van der Waals surface area contributed by atoms with E-state index < -0.39 is 0 Å². The quantitative estimate of drug-likeness (QED) is 0.367. The first-order valence-electron chi connectivity index (χ1n) is 9.06. The molecule has 0 spiro atoms. The van der Waals surface area contributed by atoms with Crippen molar-refractivity contribution in [2.45, 2.75) is 26.3 Å². The zero-order chi connectivity index (χ0) is 18.5. The second-order valence-electron chi connectivity index (χ2n) is 5.73. The molecule has 0 fully saturated rings. The molecule has 7 heteroatoms. The molecule has 0 aliphatic heterocycles. The molecule has 142 valence electrons. The molecule has 26 heavy (non-hydrogen) atoms. The average Bonchev–Trinajstić information content (AvgIpc) is 3.16. The highest BCUT2D eigenvalue weighted by molar-refractivity contribution is 5.93. The minimum atomic E-state index is 0.638. The van der Waals surface area contributed by atoms with Gasteiger partial charge in [-0.05, 0) is 31.5 Å². The van der Waals surface area contributed by atoms with E-state index in [9.17, 15) is 0 Å². The van der Waals surface area contributed by atoms with Gasteiger partial charge in [-0.1, -0.05) is 6.07 Å². The molecule has 0 unspecified atom stereocenters. The number of hydrogen-bond donors (Lipinski definition) is 2. The molecule has 0 aliphatic rings. The van der Waals surface area contributed by atoms with E-state index in [1.165, 1.54) is 0 Å². The third kappa shape index (κ3) is 7.57. The zero-order valence-electron chi connectivity index (χ0n) is 15.6. The van der Waals surface area contributed by atoms with Gasteiger partial charge in [-0.15, -0.1) is 0 Å². The van der Waals surface area contributed by atoms with Gasteiger partial charge in [-0.3, -0.25) is 9.67 Å². The van der Waals surface area contributed by atoms with Crippen molar-refractivity contribution < 1.29 is 9.47 Å². The highest BCUT2D eigenvalue weighted by Crippen LogP contribution is 2.17. The number of aryl methyl sites for hydroxylation is 1. The topological polar surface area (TPSA) is 72.7 Å². The maximum atomic E-state index is 5.74. The first kappa shape index (κ1) is 19.8. The van der Waals surface area contributed by atoms with Gasteiger partial charge in [-0.2, -0.15) is 5.10 Å². The number of ether oxygens (including phenoxy) is 2. The number of nitrogens with one attached hydrogen (secondary N) is 2. The maximum Gasteiger partial charge on any atom is 0.195 e. The minimum Gasteiger partial charge on any atom is -0.493 e. The fourth-order valence-electron chi connectivity index (χ4n) is 2.36. The number of nitrogens with zero attached hydrogens (tertiary/aromatic N) is 3. The SMILES string of the molecule is CCNC(=NCCCn1cccn1)Nc1cccc(OCCCOC)c1. The van der Waals surface area contributed by atoms with Crippen molar-refractivity contribution >= 4 is 11.6 Å². The molecule has 1 aromatic carbocycles.